The lowest BCUT2D eigenvalue weighted by atomic mass is 10.3. The minimum absolute atomic E-state index is 0.810. The van der Waals surface area contributed by atoms with E-state index in [0.717, 1.165) is 10.9 Å². The highest BCUT2D eigenvalue weighted by atomic mass is 32.2. The van der Waals surface area contributed by atoms with Crippen LogP contribution < -0.4 is 0 Å². The standard InChI is InChI=1S/C6H13S/c1-7-5-3-2-4-6-7/h2-6H2,1H3/q+1. The lowest BCUT2D eigenvalue weighted by Gasteiger charge is -2.07. The quantitative estimate of drug-likeness (QED) is 0.421. The predicted octanol–water partition coefficient (Wildman–Crippen LogP) is 1.42. The first kappa shape index (κ1) is 5.49. The van der Waals surface area contributed by atoms with Gasteiger partial charge in [0, 0.05) is 0 Å². The molecule has 0 nitrogen and oxygen atoms in total. The average molecular weight is 117 g/mol. The molecule has 1 heterocycles. The largest absolute Gasteiger partial charge is 0.107 e. The van der Waals surface area contributed by atoms with E-state index in [1.54, 1.807) is 0 Å². The van der Waals surface area contributed by atoms with E-state index in [-0.39, 0.29) is 0 Å². The number of rotatable bonds is 0. The van der Waals surface area contributed by atoms with Crippen molar-refractivity contribution >= 4 is 10.9 Å². The third-order valence-electron chi connectivity index (χ3n) is 1.49. The fourth-order valence-corrected chi connectivity index (χ4v) is 2.57. The van der Waals surface area contributed by atoms with Crippen LogP contribution >= 0.6 is 0 Å². The van der Waals surface area contributed by atoms with E-state index in [1.165, 1.54) is 30.8 Å². The Balaban J connectivity index is 2.12. The lowest BCUT2D eigenvalue weighted by Crippen LogP contribution is -2.14. The summed E-state index contributed by atoms with van der Waals surface area (Å²) >= 11 is 0. The fraction of sp³-hybridized carbons (Fsp3) is 1.00. The summed E-state index contributed by atoms with van der Waals surface area (Å²) < 4.78 is 0. The van der Waals surface area contributed by atoms with Gasteiger partial charge < -0.3 is 0 Å². The van der Waals surface area contributed by atoms with Crippen LogP contribution in [0, 0.1) is 0 Å². The van der Waals surface area contributed by atoms with E-state index in [1.807, 2.05) is 0 Å². The lowest BCUT2D eigenvalue weighted by molar-refractivity contribution is 0.758. The van der Waals surface area contributed by atoms with Crippen molar-refractivity contribution in [1.82, 2.24) is 0 Å². The Morgan fingerprint density at radius 1 is 1.00 bits per heavy atom. The van der Waals surface area contributed by atoms with Gasteiger partial charge in [-0.2, -0.15) is 0 Å². The molecule has 1 aliphatic rings. The first-order valence-corrected chi connectivity index (χ1v) is 4.96. The number of hydrogen-bond donors (Lipinski definition) is 0. The minimum Gasteiger partial charge on any atom is -0.0444 e. The molecular formula is C6H13S+. The molecule has 7 heavy (non-hydrogen) atoms. The first-order chi connectivity index (χ1) is 3.39. The molecular weight excluding hydrogens is 104 g/mol. The molecule has 1 aliphatic heterocycles. The van der Waals surface area contributed by atoms with Gasteiger partial charge in [0.15, 0.2) is 0 Å². The predicted molar refractivity (Wildman–Crippen MR) is 36.9 cm³/mol. The van der Waals surface area contributed by atoms with Crippen LogP contribution in [-0.2, 0) is 10.9 Å². The summed E-state index contributed by atoms with van der Waals surface area (Å²) in [5.41, 5.74) is 0. The summed E-state index contributed by atoms with van der Waals surface area (Å²) in [7, 11) is 0.810. The van der Waals surface area contributed by atoms with Gasteiger partial charge in [-0.3, -0.25) is 0 Å². The van der Waals surface area contributed by atoms with Crippen molar-refractivity contribution in [2.75, 3.05) is 17.8 Å². The Bertz CT molecular complexity index is 46.1. The zero-order valence-electron chi connectivity index (χ0n) is 4.94. The van der Waals surface area contributed by atoms with E-state index in [0.29, 0.717) is 0 Å². The van der Waals surface area contributed by atoms with Gasteiger partial charge in [0.1, 0.15) is 11.5 Å². The van der Waals surface area contributed by atoms with E-state index < -0.39 is 0 Å². The first-order valence-electron chi connectivity index (χ1n) is 2.99. The van der Waals surface area contributed by atoms with Gasteiger partial charge in [0.25, 0.3) is 0 Å². The van der Waals surface area contributed by atoms with Crippen LogP contribution in [0.25, 0.3) is 0 Å². The van der Waals surface area contributed by atoms with E-state index in [4.69, 9.17) is 0 Å². The molecule has 1 heteroatoms. The Kier molecular flexibility index (Phi) is 2.04. The van der Waals surface area contributed by atoms with Crippen molar-refractivity contribution in [3.05, 3.63) is 0 Å². The monoisotopic (exact) mass is 117 g/mol. The molecule has 0 N–H and O–H groups in total. The molecule has 0 aromatic heterocycles. The van der Waals surface area contributed by atoms with Crippen LogP contribution in [0.2, 0.25) is 0 Å². The topological polar surface area (TPSA) is 0 Å². The fourth-order valence-electron chi connectivity index (χ4n) is 0.976. The molecule has 1 rings (SSSR count). The van der Waals surface area contributed by atoms with Crippen LogP contribution in [-0.4, -0.2) is 17.8 Å². The molecule has 42 valence electrons. The highest BCUT2D eigenvalue weighted by Crippen LogP contribution is 2.09. The Labute approximate surface area is 48.6 Å². The maximum Gasteiger partial charge on any atom is 0.107 e. The highest BCUT2D eigenvalue weighted by Gasteiger charge is 2.14. The molecule has 1 saturated heterocycles. The Hall–Kier alpha value is 0.350. The summed E-state index contributed by atoms with van der Waals surface area (Å²) in [6.07, 6.45) is 6.88. The van der Waals surface area contributed by atoms with Gasteiger partial charge in [0.2, 0.25) is 0 Å². The van der Waals surface area contributed by atoms with Crippen molar-refractivity contribution in [1.29, 1.82) is 0 Å². The maximum atomic E-state index is 2.39. The van der Waals surface area contributed by atoms with Crippen LogP contribution in [0.15, 0.2) is 0 Å². The molecule has 0 amide bonds. The second-order valence-electron chi connectivity index (χ2n) is 2.25. The molecule has 0 radical (unpaired) electrons. The van der Waals surface area contributed by atoms with Gasteiger partial charge in [0.05, 0.1) is 6.26 Å². The third kappa shape index (κ3) is 1.72. The van der Waals surface area contributed by atoms with Gasteiger partial charge in [-0.15, -0.1) is 0 Å². The van der Waals surface area contributed by atoms with E-state index >= 15 is 0 Å². The van der Waals surface area contributed by atoms with E-state index in [2.05, 4.69) is 6.26 Å². The Morgan fingerprint density at radius 3 is 1.86 bits per heavy atom. The van der Waals surface area contributed by atoms with Gasteiger partial charge >= 0.3 is 0 Å². The smallest absolute Gasteiger partial charge is 0.0444 e. The SMILES string of the molecule is C[S+]1CCCCC1. The Morgan fingerprint density at radius 2 is 1.57 bits per heavy atom. The van der Waals surface area contributed by atoms with Crippen molar-refractivity contribution in [2.45, 2.75) is 19.3 Å². The molecule has 0 bridgehead atoms. The zero-order valence-corrected chi connectivity index (χ0v) is 5.76. The molecule has 0 atom stereocenters. The van der Waals surface area contributed by atoms with Crippen LogP contribution in [0.4, 0.5) is 0 Å². The van der Waals surface area contributed by atoms with Gasteiger partial charge in [-0.05, 0) is 30.2 Å². The van der Waals surface area contributed by atoms with Gasteiger partial charge in [-0.25, -0.2) is 0 Å². The summed E-state index contributed by atoms with van der Waals surface area (Å²) in [6.45, 7) is 0. The molecule has 1 fully saturated rings. The summed E-state index contributed by atoms with van der Waals surface area (Å²) in [5, 5.41) is 0. The second-order valence-corrected chi connectivity index (χ2v) is 4.63. The van der Waals surface area contributed by atoms with Crippen LogP contribution in [0.3, 0.4) is 0 Å². The van der Waals surface area contributed by atoms with Crippen molar-refractivity contribution < 1.29 is 0 Å². The molecule has 0 unspecified atom stereocenters. The van der Waals surface area contributed by atoms with E-state index in [9.17, 15) is 0 Å². The molecule has 0 aliphatic carbocycles. The van der Waals surface area contributed by atoms with Crippen LogP contribution in [0.1, 0.15) is 19.3 Å². The summed E-state index contributed by atoms with van der Waals surface area (Å²) in [5.74, 6) is 3.03. The second kappa shape index (κ2) is 2.61. The minimum atomic E-state index is 0.810. The maximum absolute atomic E-state index is 2.39. The van der Waals surface area contributed by atoms with Crippen molar-refractivity contribution in [3.8, 4) is 0 Å². The molecule has 0 spiro atoms. The molecule has 0 aromatic rings. The zero-order chi connectivity index (χ0) is 5.11. The average Bonchev–Trinajstić information content (AvgIpc) is 1.69. The molecule has 0 saturated carbocycles. The summed E-state index contributed by atoms with van der Waals surface area (Å²) in [4.78, 5) is 0. The van der Waals surface area contributed by atoms with Gasteiger partial charge in [-0.1, -0.05) is 0 Å². The third-order valence-corrected chi connectivity index (χ3v) is 3.46. The normalized spacial score (nSPS) is 25.3. The van der Waals surface area contributed by atoms with Crippen molar-refractivity contribution in [2.24, 2.45) is 0 Å². The summed E-state index contributed by atoms with van der Waals surface area (Å²) in [6, 6.07) is 0. The molecule has 0 aromatic carbocycles. The van der Waals surface area contributed by atoms with Crippen LogP contribution in [0.5, 0.6) is 0 Å². The van der Waals surface area contributed by atoms with Crippen molar-refractivity contribution in [3.63, 3.8) is 0 Å². The highest BCUT2D eigenvalue weighted by molar-refractivity contribution is 7.96. The number of hydrogen-bond acceptors (Lipinski definition) is 0.